The van der Waals surface area contributed by atoms with Crippen LogP contribution in [0.1, 0.15) is 335 Å². The molecule has 0 aliphatic carbocycles. The van der Waals surface area contributed by atoms with Gasteiger partial charge in [0.25, 0.3) is 0 Å². The normalized spacial score (nSPS) is 13.0. The van der Waals surface area contributed by atoms with E-state index in [1.807, 2.05) is 6.08 Å². The molecule has 0 aliphatic heterocycles. The number of hydrogen-bond acceptors (Lipinski definition) is 5. The zero-order chi connectivity index (χ0) is 53.6. The number of esters is 1. The number of aliphatic hydroxyl groups excluding tert-OH is 2. The standard InChI is InChI=1S/C68H125NO5/c1-3-5-7-9-11-13-15-17-33-38-42-46-50-54-58-62-68(73)74-63-59-55-51-47-43-39-35-32-30-28-26-24-22-20-18-19-21-23-25-27-29-31-34-37-41-45-49-53-57-61-67(72)69-65(64-70)66(71)60-56-52-48-44-40-36-16-14-12-10-8-6-4-2/h11,13,17-18,20,24,26,33,56,60,65-66,70-71H,3-10,12,14-16,19,21-23,25,27-32,34-55,57-59,61-64H2,1-2H3,(H,69,72)/b13-11-,20-18-,26-24-,33-17-,60-56+. The number of ether oxygens (including phenoxy) is 1. The minimum Gasteiger partial charge on any atom is -0.466 e. The Morgan fingerprint density at radius 3 is 1.05 bits per heavy atom. The Morgan fingerprint density at radius 1 is 0.378 bits per heavy atom. The number of carbonyl (C=O) groups is 2. The minimum absolute atomic E-state index is 0.00287. The maximum Gasteiger partial charge on any atom is 0.305 e. The van der Waals surface area contributed by atoms with E-state index in [4.69, 9.17) is 4.74 Å². The topological polar surface area (TPSA) is 95.9 Å². The molecule has 0 aromatic carbocycles. The summed E-state index contributed by atoms with van der Waals surface area (Å²) < 4.78 is 5.48. The van der Waals surface area contributed by atoms with Crippen molar-refractivity contribution in [2.45, 2.75) is 347 Å². The number of carbonyl (C=O) groups excluding carboxylic acids is 2. The SMILES string of the molecule is CCCCC/C=C\C/C=C\CCCCCCCC(=O)OCCCCCCCCCCC/C=C\C/C=C\CCCCCCCCCCCCCCCC(=O)NC(CO)C(O)/C=C/CCCCCCCCCCCCC. The second-order valence-corrected chi connectivity index (χ2v) is 22.1. The van der Waals surface area contributed by atoms with Crippen LogP contribution in [-0.2, 0) is 14.3 Å². The van der Waals surface area contributed by atoms with Crippen molar-refractivity contribution < 1.29 is 24.5 Å². The fraction of sp³-hybridized carbons (Fsp3) is 0.824. The van der Waals surface area contributed by atoms with Gasteiger partial charge in [-0.3, -0.25) is 9.59 Å². The molecule has 3 N–H and O–H groups in total. The molecule has 0 saturated heterocycles. The van der Waals surface area contributed by atoms with E-state index >= 15 is 0 Å². The molecule has 0 radical (unpaired) electrons. The van der Waals surface area contributed by atoms with Crippen LogP contribution in [0.2, 0.25) is 0 Å². The molecule has 0 aliphatic rings. The van der Waals surface area contributed by atoms with Gasteiger partial charge in [-0.2, -0.15) is 0 Å². The second-order valence-electron chi connectivity index (χ2n) is 22.1. The molecule has 0 aromatic heterocycles. The summed E-state index contributed by atoms with van der Waals surface area (Å²) in [5, 5.41) is 23.1. The van der Waals surface area contributed by atoms with Crippen LogP contribution in [0.3, 0.4) is 0 Å². The summed E-state index contributed by atoms with van der Waals surface area (Å²) in [5.41, 5.74) is 0. The maximum absolute atomic E-state index is 12.5. The van der Waals surface area contributed by atoms with E-state index in [0.29, 0.717) is 19.4 Å². The van der Waals surface area contributed by atoms with E-state index in [9.17, 15) is 19.8 Å². The molecule has 432 valence electrons. The predicted octanol–water partition coefficient (Wildman–Crippen LogP) is 20.7. The number of unbranched alkanes of at least 4 members (excludes halogenated alkanes) is 41. The molecule has 0 aromatic rings. The first-order valence-electron chi connectivity index (χ1n) is 32.6. The molecule has 0 rings (SSSR count). The Morgan fingerprint density at radius 2 is 0.676 bits per heavy atom. The highest BCUT2D eigenvalue weighted by molar-refractivity contribution is 5.76. The summed E-state index contributed by atoms with van der Waals surface area (Å²) in [4.78, 5) is 24.5. The van der Waals surface area contributed by atoms with Gasteiger partial charge >= 0.3 is 5.97 Å². The largest absolute Gasteiger partial charge is 0.466 e. The van der Waals surface area contributed by atoms with E-state index in [1.165, 1.54) is 250 Å². The van der Waals surface area contributed by atoms with Crippen molar-refractivity contribution in [3.05, 3.63) is 60.8 Å². The summed E-state index contributed by atoms with van der Waals surface area (Å²) in [5.74, 6) is -0.0721. The van der Waals surface area contributed by atoms with Gasteiger partial charge in [0.1, 0.15) is 0 Å². The molecule has 0 saturated carbocycles. The number of allylic oxidation sites excluding steroid dienone is 9. The molecular weight excluding hydrogens is 911 g/mol. The Balaban J connectivity index is 3.43. The van der Waals surface area contributed by atoms with Gasteiger partial charge in [-0.05, 0) is 96.3 Å². The van der Waals surface area contributed by atoms with Crippen molar-refractivity contribution in [2.24, 2.45) is 0 Å². The van der Waals surface area contributed by atoms with Crippen LogP contribution in [0.4, 0.5) is 0 Å². The number of rotatable bonds is 60. The van der Waals surface area contributed by atoms with Gasteiger partial charge in [0.05, 0.1) is 25.4 Å². The van der Waals surface area contributed by atoms with Crippen LogP contribution < -0.4 is 5.32 Å². The number of amides is 1. The van der Waals surface area contributed by atoms with Gasteiger partial charge in [0.2, 0.25) is 5.91 Å². The van der Waals surface area contributed by atoms with Gasteiger partial charge in [0.15, 0.2) is 0 Å². The van der Waals surface area contributed by atoms with Crippen LogP contribution in [0.15, 0.2) is 60.8 Å². The number of nitrogens with one attached hydrogen (secondary N) is 1. The van der Waals surface area contributed by atoms with Crippen LogP contribution in [0.5, 0.6) is 0 Å². The molecule has 6 heteroatoms. The van der Waals surface area contributed by atoms with Crippen LogP contribution in [0.25, 0.3) is 0 Å². The Bertz CT molecular complexity index is 1290. The number of hydrogen-bond donors (Lipinski definition) is 3. The Labute approximate surface area is 460 Å². The van der Waals surface area contributed by atoms with Gasteiger partial charge in [0, 0.05) is 12.8 Å². The van der Waals surface area contributed by atoms with E-state index in [2.05, 4.69) is 67.8 Å². The summed E-state index contributed by atoms with van der Waals surface area (Å²) in [7, 11) is 0. The van der Waals surface area contributed by atoms with E-state index in [-0.39, 0.29) is 18.5 Å². The molecule has 6 nitrogen and oxygen atoms in total. The fourth-order valence-electron chi connectivity index (χ4n) is 9.75. The van der Waals surface area contributed by atoms with Gasteiger partial charge in [-0.15, -0.1) is 0 Å². The van der Waals surface area contributed by atoms with E-state index in [1.54, 1.807) is 6.08 Å². The van der Waals surface area contributed by atoms with Crippen molar-refractivity contribution >= 4 is 11.9 Å². The van der Waals surface area contributed by atoms with Gasteiger partial charge < -0.3 is 20.3 Å². The molecular formula is C68H125NO5. The van der Waals surface area contributed by atoms with E-state index in [0.717, 1.165) is 57.8 Å². The third-order valence-electron chi connectivity index (χ3n) is 14.8. The first kappa shape index (κ1) is 71.6. The van der Waals surface area contributed by atoms with E-state index < -0.39 is 12.1 Å². The summed E-state index contributed by atoms with van der Waals surface area (Å²) in [6, 6.07) is -0.629. The average Bonchev–Trinajstić information content (AvgIpc) is 3.40. The minimum atomic E-state index is -0.845. The van der Waals surface area contributed by atoms with Crippen molar-refractivity contribution in [3.8, 4) is 0 Å². The van der Waals surface area contributed by atoms with Gasteiger partial charge in [-0.25, -0.2) is 0 Å². The predicted molar refractivity (Wildman–Crippen MR) is 324 cm³/mol. The lowest BCUT2D eigenvalue weighted by molar-refractivity contribution is -0.143. The quantitative estimate of drug-likeness (QED) is 0.0320. The van der Waals surface area contributed by atoms with Crippen LogP contribution in [-0.4, -0.2) is 47.4 Å². The highest BCUT2D eigenvalue weighted by atomic mass is 16.5. The molecule has 0 spiro atoms. The van der Waals surface area contributed by atoms with Crippen molar-refractivity contribution in [2.75, 3.05) is 13.2 Å². The van der Waals surface area contributed by atoms with Crippen molar-refractivity contribution in [1.82, 2.24) is 5.32 Å². The molecule has 0 fully saturated rings. The van der Waals surface area contributed by atoms with Crippen LogP contribution >= 0.6 is 0 Å². The summed E-state index contributed by atoms with van der Waals surface area (Å²) in [6.45, 7) is 4.87. The Hall–Kier alpha value is -2.44. The number of aliphatic hydroxyl groups is 2. The van der Waals surface area contributed by atoms with Crippen LogP contribution in [0, 0.1) is 0 Å². The fourth-order valence-corrected chi connectivity index (χ4v) is 9.75. The summed E-state index contributed by atoms with van der Waals surface area (Å²) in [6.07, 6.45) is 82.8. The third-order valence-corrected chi connectivity index (χ3v) is 14.8. The maximum atomic E-state index is 12.5. The highest BCUT2D eigenvalue weighted by Crippen LogP contribution is 2.17. The molecule has 2 atom stereocenters. The molecule has 1 amide bonds. The lowest BCUT2D eigenvalue weighted by Gasteiger charge is -2.20. The molecule has 0 heterocycles. The smallest absolute Gasteiger partial charge is 0.305 e. The Kier molecular flexibility index (Phi) is 61.0. The monoisotopic (exact) mass is 1040 g/mol. The highest BCUT2D eigenvalue weighted by Gasteiger charge is 2.18. The third kappa shape index (κ3) is 58.8. The zero-order valence-electron chi connectivity index (χ0n) is 49.3. The van der Waals surface area contributed by atoms with Crippen molar-refractivity contribution in [1.29, 1.82) is 0 Å². The lowest BCUT2D eigenvalue weighted by Crippen LogP contribution is -2.45. The van der Waals surface area contributed by atoms with Gasteiger partial charge in [-0.1, -0.05) is 286 Å². The lowest BCUT2D eigenvalue weighted by atomic mass is 10.0. The zero-order valence-corrected chi connectivity index (χ0v) is 49.3. The first-order valence-corrected chi connectivity index (χ1v) is 32.6. The summed E-state index contributed by atoms with van der Waals surface area (Å²) >= 11 is 0. The molecule has 0 bridgehead atoms. The molecule has 2 unspecified atom stereocenters. The average molecular weight is 1040 g/mol. The molecule has 74 heavy (non-hydrogen) atoms. The first-order chi connectivity index (χ1) is 36.5. The van der Waals surface area contributed by atoms with Crippen molar-refractivity contribution in [3.63, 3.8) is 0 Å². The second kappa shape index (κ2) is 63.1.